The topological polar surface area (TPSA) is 82.0 Å². The molecule has 0 saturated heterocycles. The zero-order valence-electron chi connectivity index (χ0n) is 11.6. The van der Waals surface area contributed by atoms with E-state index in [2.05, 4.69) is 5.32 Å². The lowest BCUT2D eigenvalue weighted by atomic mass is 10.2. The van der Waals surface area contributed by atoms with E-state index in [-0.39, 0.29) is 18.0 Å². The van der Waals surface area contributed by atoms with Crippen LogP contribution >= 0.6 is 0 Å². The van der Waals surface area contributed by atoms with Gasteiger partial charge in [-0.25, -0.2) is 4.79 Å². The van der Waals surface area contributed by atoms with Crippen LogP contribution in [0.1, 0.15) is 26.3 Å². The van der Waals surface area contributed by atoms with Gasteiger partial charge in [-0.05, 0) is 38.5 Å². The maximum atomic E-state index is 11.6. The highest BCUT2D eigenvalue weighted by atomic mass is 16.6. The summed E-state index contributed by atoms with van der Waals surface area (Å²) in [6.07, 6.45) is -0.641. The monoisotopic (exact) mass is 268 g/mol. The van der Waals surface area contributed by atoms with Crippen LogP contribution in [-0.2, 0) is 11.3 Å². The minimum absolute atomic E-state index is 0.0600. The first-order valence-corrected chi connectivity index (χ1v) is 5.89. The number of hydroxylamine groups is 2. The molecule has 0 unspecified atom stereocenters. The Bertz CT molecular complexity index is 452. The Morgan fingerprint density at radius 3 is 2.58 bits per heavy atom. The van der Waals surface area contributed by atoms with Crippen molar-refractivity contribution in [1.29, 1.82) is 0 Å². The van der Waals surface area contributed by atoms with Crippen molar-refractivity contribution in [3.63, 3.8) is 0 Å². The van der Waals surface area contributed by atoms with Crippen molar-refractivity contribution in [2.75, 3.05) is 12.4 Å². The Hall–Kier alpha value is -1.79. The van der Waals surface area contributed by atoms with Crippen molar-refractivity contribution >= 4 is 11.8 Å². The van der Waals surface area contributed by atoms with Gasteiger partial charge in [0.25, 0.3) is 0 Å². The molecule has 0 radical (unpaired) electrons. The van der Waals surface area contributed by atoms with E-state index in [1.807, 2.05) is 0 Å². The third-order valence-corrected chi connectivity index (χ3v) is 2.11. The van der Waals surface area contributed by atoms with Crippen LogP contribution in [0.2, 0.25) is 0 Å². The SMILES string of the molecule is CN(O)Cc1ccc(O)c(NC(=O)OC(C)(C)C)c1. The largest absolute Gasteiger partial charge is 0.506 e. The second kappa shape index (κ2) is 5.90. The van der Waals surface area contributed by atoms with Crippen molar-refractivity contribution in [3.8, 4) is 5.75 Å². The summed E-state index contributed by atoms with van der Waals surface area (Å²) in [5.41, 5.74) is 0.380. The molecule has 0 fully saturated rings. The molecule has 1 amide bonds. The summed E-state index contributed by atoms with van der Waals surface area (Å²) >= 11 is 0. The fourth-order valence-electron chi connectivity index (χ4n) is 1.46. The van der Waals surface area contributed by atoms with Gasteiger partial charge < -0.3 is 15.1 Å². The fourth-order valence-corrected chi connectivity index (χ4v) is 1.46. The van der Waals surface area contributed by atoms with Gasteiger partial charge >= 0.3 is 6.09 Å². The number of hydrogen-bond acceptors (Lipinski definition) is 5. The molecule has 0 spiro atoms. The van der Waals surface area contributed by atoms with Crippen molar-refractivity contribution in [1.82, 2.24) is 5.06 Å². The maximum Gasteiger partial charge on any atom is 0.412 e. The Balaban J connectivity index is 2.79. The number of amides is 1. The predicted molar refractivity (Wildman–Crippen MR) is 71.2 cm³/mol. The summed E-state index contributed by atoms with van der Waals surface area (Å²) in [5, 5.41) is 22.3. The number of phenolic OH excluding ortho intramolecular Hbond substituents is 1. The first-order chi connectivity index (χ1) is 8.67. The number of anilines is 1. The van der Waals surface area contributed by atoms with Crippen LogP contribution in [-0.4, -0.2) is 34.1 Å². The van der Waals surface area contributed by atoms with Gasteiger partial charge in [0.1, 0.15) is 11.4 Å². The number of nitrogens with one attached hydrogen (secondary N) is 1. The Morgan fingerprint density at radius 2 is 2.05 bits per heavy atom. The van der Waals surface area contributed by atoms with Gasteiger partial charge in [-0.3, -0.25) is 5.32 Å². The highest BCUT2D eigenvalue weighted by Crippen LogP contribution is 2.25. The molecule has 0 atom stereocenters. The molecule has 0 aliphatic rings. The molecule has 1 rings (SSSR count). The van der Waals surface area contributed by atoms with Gasteiger partial charge in [-0.15, -0.1) is 0 Å². The number of carbonyl (C=O) groups is 1. The number of ether oxygens (including phenoxy) is 1. The number of nitrogens with zero attached hydrogens (tertiary/aromatic N) is 1. The van der Waals surface area contributed by atoms with Gasteiger partial charge in [0.2, 0.25) is 0 Å². The van der Waals surface area contributed by atoms with Crippen LogP contribution in [0.4, 0.5) is 10.5 Å². The van der Waals surface area contributed by atoms with E-state index in [4.69, 9.17) is 9.94 Å². The molecule has 0 aliphatic carbocycles. The summed E-state index contributed by atoms with van der Waals surface area (Å²) in [7, 11) is 1.51. The first-order valence-electron chi connectivity index (χ1n) is 5.89. The lowest BCUT2D eigenvalue weighted by Crippen LogP contribution is -2.27. The van der Waals surface area contributed by atoms with E-state index in [0.29, 0.717) is 0 Å². The smallest absolute Gasteiger partial charge is 0.412 e. The van der Waals surface area contributed by atoms with E-state index in [0.717, 1.165) is 10.6 Å². The third-order valence-electron chi connectivity index (χ3n) is 2.11. The average Bonchev–Trinajstić information content (AvgIpc) is 2.19. The number of hydrogen-bond donors (Lipinski definition) is 3. The maximum absolute atomic E-state index is 11.6. The van der Waals surface area contributed by atoms with Crippen molar-refractivity contribution < 1.29 is 19.8 Å². The average molecular weight is 268 g/mol. The van der Waals surface area contributed by atoms with E-state index < -0.39 is 11.7 Å². The van der Waals surface area contributed by atoms with Crippen LogP contribution in [0, 0.1) is 0 Å². The number of phenols is 1. The Kier molecular flexibility index (Phi) is 4.74. The summed E-state index contributed by atoms with van der Waals surface area (Å²) < 4.78 is 5.10. The molecule has 3 N–H and O–H groups in total. The zero-order valence-corrected chi connectivity index (χ0v) is 11.6. The number of benzene rings is 1. The molecule has 1 aromatic rings. The van der Waals surface area contributed by atoms with Crippen LogP contribution in [0.3, 0.4) is 0 Å². The molecule has 0 saturated carbocycles. The number of aromatic hydroxyl groups is 1. The predicted octanol–water partition coefficient (Wildman–Crippen LogP) is 2.56. The molecule has 1 aromatic carbocycles. The van der Waals surface area contributed by atoms with Gasteiger partial charge in [0.15, 0.2) is 0 Å². The van der Waals surface area contributed by atoms with Crippen molar-refractivity contribution in [2.45, 2.75) is 32.9 Å². The van der Waals surface area contributed by atoms with Crippen molar-refractivity contribution in [2.24, 2.45) is 0 Å². The van der Waals surface area contributed by atoms with Crippen LogP contribution in [0.15, 0.2) is 18.2 Å². The Morgan fingerprint density at radius 1 is 1.42 bits per heavy atom. The lowest BCUT2D eigenvalue weighted by molar-refractivity contribution is -0.0731. The highest BCUT2D eigenvalue weighted by molar-refractivity contribution is 5.87. The van der Waals surface area contributed by atoms with E-state index in [9.17, 15) is 9.90 Å². The van der Waals surface area contributed by atoms with E-state index in [1.165, 1.54) is 13.1 Å². The van der Waals surface area contributed by atoms with Crippen LogP contribution in [0.25, 0.3) is 0 Å². The number of rotatable bonds is 3. The van der Waals surface area contributed by atoms with Gasteiger partial charge in [-0.1, -0.05) is 6.07 Å². The quantitative estimate of drug-likeness (QED) is 0.579. The molecule has 0 aliphatic heterocycles. The molecule has 6 nitrogen and oxygen atoms in total. The summed E-state index contributed by atoms with van der Waals surface area (Å²) in [5.74, 6) is -0.0600. The number of carbonyl (C=O) groups excluding carboxylic acids is 1. The van der Waals surface area contributed by atoms with Gasteiger partial charge in [-0.2, -0.15) is 5.06 Å². The highest BCUT2D eigenvalue weighted by Gasteiger charge is 2.17. The van der Waals surface area contributed by atoms with E-state index >= 15 is 0 Å². The molecule has 0 bridgehead atoms. The zero-order chi connectivity index (χ0) is 14.6. The molecule has 6 heteroatoms. The fraction of sp³-hybridized carbons (Fsp3) is 0.462. The third kappa shape index (κ3) is 5.58. The standard InChI is InChI=1S/C13H20N2O4/c1-13(2,3)19-12(17)14-10-7-9(8-15(4)18)5-6-11(10)16/h5-7,16,18H,8H2,1-4H3,(H,14,17). The molecule has 0 aromatic heterocycles. The summed E-state index contributed by atoms with van der Waals surface area (Å²) in [6.45, 7) is 5.54. The van der Waals surface area contributed by atoms with Crippen LogP contribution < -0.4 is 5.32 Å². The molecule has 106 valence electrons. The van der Waals surface area contributed by atoms with E-state index in [1.54, 1.807) is 32.9 Å². The Labute approximate surface area is 112 Å². The minimum Gasteiger partial charge on any atom is -0.506 e. The van der Waals surface area contributed by atoms with Gasteiger partial charge in [0.05, 0.1) is 5.69 Å². The summed E-state index contributed by atoms with van der Waals surface area (Å²) in [4.78, 5) is 11.6. The first kappa shape index (κ1) is 15.3. The lowest BCUT2D eigenvalue weighted by Gasteiger charge is -2.20. The second-order valence-electron chi connectivity index (χ2n) is 5.29. The van der Waals surface area contributed by atoms with Crippen LogP contribution in [0.5, 0.6) is 5.75 Å². The minimum atomic E-state index is -0.641. The van der Waals surface area contributed by atoms with Gasteiger partial charge in [0, 0.05) is 13.6 Å². The molecular formula is C13H20N2O4. The molecular weight excluding hydrogens is 248 g/mol. The molecule has 0 heterocycles. The second-order valence-corrected chi connectivity index (χ2v) is 5.29. The normalized spacial score (nSPS) is 11.5. The summed E-state index contributed by atoms with van der Waals surface area (Å²) in [6, 6.07) is 4.68. The molecule has 19 heavy (non-hydrogen) atoms. The van der Waals surface area contributed by atoms with Crippen molar-refractivity contribution in [3.05, 3.63) is 23.8 Å².